The summed E-state index contributed by atoms with van der Waals surface area (Å²) in [7, 11) is 1.60. The Kier molecular flexibility index (Phi) is 6.19. The summed E-state index contributed by atoms with van der Waals surface area (Å²) in [5, 5.41) is 3.59. The van der Waals surface area contributed by atoms with Gasteiger partial charge in [-0.25, -0.2) is 0 Å². The Morgan fingerprint density at radius 1 is 1.35 bits per heavy atom. The van der Waals surface area contributed by atoms with Crippen molar-refractivity contribution < 1.29 is 14.3 Å². The number of methoxy groups -OCH3 is 1. The Balaban J connectivity index is 1.88. The third-order valence-corrected chi connectivity index (χ3v) is 5.58. The summed E-state index contributed by atoms with van der Waals surface area (Å²) in [6.45, 7) is 2.45. The molecule has 1 amide bonds. The van der Waals surface area contributed by atoms with E-state index in [9.17, 15) is 4.79 Å². The van der Waals surface area contributed by atoms with Gasteiger partial charge in [0.1, 0.15) is 5.70 Å². The lowest BCUT2D eigenvalue weighted by molar-refractivity contribution is -0.124. The average Bonchev–Trinajstić information content (AvgIpc) is 2.89. The van der Waals surface area contributed by atoms with Crippen molar-refractivity contribution in [3.63, 3.8) is 0 Å². The minimum Gasteiger partial charge on any atom is -0.492 e. The van der Waals surface area contributed by atoms with Crippen molar-refractivity contribution in [2.24, 2.45) is 0 Å². The summed E-state index contributed by atoms with van der Waals surface area (Å²) in [5.41, 5.74) is 1.34. The molecule has 1 saturated carbocycles. The highest BCUT2D eigenvalue weighted by molar-refractivity contribution is 9.10. The normalized spacial score (nSPS) is 19.8. The summed E-state index contributed by atoms with van der Waals surface area (Å²) >= 11 is 8.93. The molecule has 7 heteroatoms. The predicted molar refractivity (Wildman–Crippen MR) is 109 cm³/mol. The van der Waals surface area contributed by atoms with Crippen LogP contribution in [-0.4, -0.2) is 35.7 Å². The number of ether oxygens (including phenoxy) is 2. The lowest BCUT2D eigenvalue weighted by atomic mass is 9.94. The molecular weight excluding hydrogens is 416 g/mol. The first-order chi connectivity index (χ1) is 12.5. The predicted octanol–water partition coefficient (Wildman–Crippen LogP) is 4.25. The van der Waals surface area contributed by atoms with Crippen LogP contribution >= 0.6 is 28.1 Å². The van der Waals surface area contributed by atoms with E-state index < -0.39 is 0 Å². The zero-order valence-electron chi connectivity index (χ0n) is 15.0. The highest BCUT2D eigenvalue weighted by Crippen LogP contribution is 2.37. The molecule has 0 radical (unpaired) electrons. The fourth-order valence-corrected chi connectivity index (χ4v) is 4.48. The Labute approximate surface area is 167 Å². The van der Waals surface area contributed by atoms with E-state index in [2.05, 4.69) is 21.2 Å². The van der Waals surface area contributed by atoms with Crippen LogP contribution in [0.25, 0.3) is 6.08 Å². The van der Waals surface area contributed by atoms with Gasteiger partial charge in [0.15, 0.2) is 16.6 Å². The van der Waals surface area contributed by atoms with E-state index in [0.29, 0.717) is 28.9 Å². The largest absolute Gasteiger partial charge is 0.492 e. The van der Waals surface area contributed by atoms with Gasteiger partial charge in [0.2, 0.25) is 0 Å². The summed E-state index contributed by atoms with van der Waals surface area (Å²) in [5.74, 6) is 1.22. The van der Waals surface area contributed by atoms with Gasteiger partial charge in [-0.2, -0.15) is 0 Å². The topological polar surface area (TPSA) is 50.8 Å². The van der Waals surface area contributed by atoms with Crippen molar-refractivity contribution in [2.75, 3.05) is 13.7 Å². The Morgan fingerprint density at radius 3 is 2.73 bits per heavy atom. The number of rotatable bonds is 5. The molecule has 1 aromatic carbocycles. The second kappa shape index (κ2) is 8.39. The molecule has 0 atom stereocenters. The van der Waals surface area contributed by atoms with Crippen molar-refractivity contribution in [3.8, 4) is 11.5 Å². The van der Waals surface area contributed by atoms with Gasteiger partial charge in [0.25, 0.3) is 5.91 Å². The molecule has 1 aromatic rings. The molecule has 0 aromatic heterocycles. The van der Waals surface area contributed by atoms with Crippen LogP contribution < -0.4 is 14.8 Å². The van der Waals surface area contributed by atoms with E-state index in [4.69, 9.17) is 21.7 Å². The molecule has 0 unspecified atom stereocenters. The van der Waals surface area contributed by atoms with E-state index in [0.717, 1.165) is 35.7 Å². The van der Waals surface area contributed by atoms with Gasteiger partial charge in [-0.3, -0.25) is 9.69 Å². The second-order valence-electron chi connectivity index (χ2n) is 6.42. The first-order valence-corrected chi connectivity index (χ1v) is 10.1. The van der Waals surface area contributed by atoms with Crippen LogP contribution in [0.2, 0.25) is 0 Å². The second-order valence-corrected chi connectivity index (χ2v) is 7.66. The van der Waals surface area contributed by atoms with Crippen molar-refractivity contribution in [2.45, 2.75) is 45.1 Å². The number of carbonyl (C=O) groups is 1. The summed E-state index contributed by atoms with van der Waals surface area (Å²) in [4.78, 5) is 14.6. The summed E-state index contributed by atoms with van der Waals surface area (Å²) < 4.78 is 11.8. The van der Waals surface area contributed by atoms with Gasteiger partial charge >= 0.3 is 0 Å². The minimum absolute atomic E-state index is 0.0493. The van der Waals surface area contributed by atoms with Crippen molar-refractivity contribution in [3.05, 3.63) is 27.9 Å². The molecule has 2 fully saturated rings. The van der Waals surface area contributed by atoms with Gasteiger partial charge in [-0.05, 0) is 71.7 Å². The maximum atomic E-state index is 12.9. The molecule has 140 valence electrons. The van der Waals surface area contributed by atoms with E-state index >= 15 is 0 Å². The third kappa shape index (κ3) is 3.88. The number of amides is 1. The lowest BCUT2D eigenvalue weighted by Gasteiger charge is -2.29. The van der Waals surface area contributed by atoms with Crippen LogP contribution in [0.1, 0.15) is 44.6 Å². The molecule has 5 nitrogen and oxygen atoms in total. The lowest BCUT2D eigenvalue weighted by Crippen LogP contribution is -2.41. The first kappa shape index (κ1) is 19.2. The van der Waals surface area contributed by atoms with Gasteiger partial charge < -0.3 is 14.8 Å². The molecule has 1 aliphatic carbocycles. The number of nitrogens with zero attached hydrogens (tertiary/aromatic N) is 1. The van der Waals surface area contributed by atoms with Crippen molar-refractivity contribution in [1.29, 1.82) is 0 Å². The molecule has 1 N–H and O–H groups in total. The Bertz CT molecular complexity index is 745. The van der Waals surface area contributed by atoms with Crippen LogP contribution in [-0.2, 0) is 4.79 Å². The molecular formula is C19H23BrN2O3S. The molecule has 1 saturated heterocycles. The van der Waals surface area contributed by atoms with Crippen molar-refractivity contribution >= 4 is 45.2 Å². The third-order valence-electron chi connectivity index (χ3n) is 4.70. The van der Waals surface area contributed by atoms with Crippen molar-refractivity contribution in [1.82, 2.24) is 10.2 Å². The highest BCUT2D eigenvalue weighted by Gasteiger charge is 2.36. The van der Waals surface area contributed by atoms with E-state index in [1.807, 2.05) is 25.1 Å². The quantitative estimate of drug-likeness (QED) is 0.549. The highest BCUT2D eigenvalue weighted by atomic mass is 79.9. The zero-order valence-corrected chi connectivity index (χ0v) is 17.4. The number of halogens is 1. The molecule has 26 heavy (non-hydrogen) atoms. The fourth-order valence-electron chi connectivity index (χ4n) is 3.52. The first-order valence-electron chi connectivity index (χ1n) is 8.91. The van der Waals surface area contributed by atoms with E-state index in [1.54, 1.807) is 12.0 Å². The fraction of sp³-hybridized carbons (Fsp3) is 0.474. The number of thiocarbonyl (C=S) groups is 1. The van der Waals surface area contributed by atoms with E-state index in [-0.39, 0.29) is 11.9 Å². The molecule has 3 rings (SSSR count). The average molecular weight is 439 g/mol. The van der Waals surface area contributed by atoms with Gasteiger partial charge in [0, 0.05) is 6.04 Å². The number of nitrogens with one attached hydrogen (secondary N) is 1. The molecule has 1 aliphatic heterocycles. The van der Waals surface area contributed by atoms with E-state index in [1.165, 1.54) is 6.42 Å². The number of carbonyl (C=O) groups excluding carboxylic acids is 1. The Morgan fingerprint density at radius 2 is 2.08 bits per heavy atom. The smallest absolute Gasteiger partial charge is 0.276 e. The standard InChI is InChI=1S/C19H23BrN2O3S/c1-3-25-16-11-12(9-14(20)17(16)24-2)10-15-18(23)22(19(26)21-15)13-7-5-4-6-8-13/h9-11,13H,3-8H2,1-2H3,(H,21,26)/b15-10-. The zero-order chi connectivity index (χ0) is 18.7. The Hall–Kier alpha value is -1.60. The maximum Gasteiger partial charge on any atom is 0.276 e. The van der Waals surface area contributed by atoms with Crippen LogP contribution in [0, 0.1) is 0 Å². The molecule has 0 spiro atoms. The van der Waals surface area contributed by atoms with Crippen LogP contribution in [0.15, 0.2) is 22.3 Å². The molecule has 2 aliphatic rings. The minimum atomic E-state index is -0.0493. The molecule has 0 bridgehead atoms. The number of hydrogen-bond donors (Lipinski definition) is 1. The van der Waals surface area contributed by atoms with Crippen LogP contribution in [0.3, 0.4) is 0 Å². The van der Waals surface area contributed by atoms with Crippen LogP contribution in [0.5, 0.6) is 11.5 Å². The van der Waals surface area contributed by atoms with Gasteiger partial charge in [0.05, 0.1) is 18.2 Å². The SMILES string of the molecule is CCOc1cc(/C=C2\NC(=S)N(C3CCCCC3)C2=O)cc(Br)c1OC. The van der Waals surface area contributed by atoms with Crippen LogP contribution in [0.4, 0.5) is 0 Å². The number of hydrogen-bond acceptors (Lipinski definition) is 4. The molecule has 1 heterocycles. The van der Waals surface area contributed by atoms with Gasteiger partial charge in [-0.15, -0.1) is 0 Å². The maximum absolute atomic E-state index is 12.9. The summed E-state index contributed by atoms with van der Waals surface area (Å²) in [6, 6.07) is 3.97. The summed E-state index contributed by atoms with van der Waals surface area (Å²) in [6.07, 6.45) is 7.39. The monoisotopic (exact) mass is 438 g/mol. The number of benzene rings is 1. The van der Waals surface area contributed by atoms with Gasteiger partial charge in [-0.1, -0.05) is 19.3 Å².